The van der Waals surface area contributed by atoms with Gasteiger partial charge in [0.2, 0.25) is 5.91 Å². The van der Waals surface area contributed by atoms with E-state index in [0.29, 0.717) is 6.07 Å². The van der Waals surface area contributed by atoms with Crippen LogP contribution in [0.4, 0.5) is 8.78 Å². The monoisotopic (exact) mass is 283 g/mol. The van der Waals surface area contributed by atoms with E-state index in [-0.39, 0.29) is 18.4 Å². The Morgan fingerprint density at radius 1 is 1.45 bits per heavy atom. The number of hydrogen-bond acceptors (Lipinski definition) is 3. The molecule has 0 radical (unpaired) electrons. The number of hydrogen-bond donors (Lipinski definition) is 1. The maximum Gasteiger partial charge on any atom is 0.328 e. The standard InChI is InChI=1S/C14H15F2NO3/c1-3-4-12(14(19)20-2)17-13(18)7-9-5-6-10(15)8-11(9)16/h3,5-6,8,12H,1,4,7H2,2H3,(H,17,18)/t12-/m1/s1. The summed E-state index contributed by atoms with van der Waals surface area (Å²) >= 11 is 0. The molecule has 0 saturated heterocycles. The third kappa shape index (κ3) is 4.46. The van der Waals surface area contributed by atoms with Crippen LogP contribution < -0.4 is 5.32 Å². The van der Waals surface area contributed by atoms with Crippen molar-refractivity contribution >= 4 is 11.9 Å². The number of halogens is 2. The van der Waals surface area contributed by atoms with E-state index in [4.69, 9.17) is 0 Å². The lowest BCUT2D eigenvalue weighted by Gasteiger charge is -2.14. The first-order valence-electron chi connectivity index (χ1n) is 5.90. The summed E-state index contributed by atoms with van der Waals surface area (Å²) in [6, 6.07) is 2.08. The molecule has 20 heavy (non-hydrogen) atoms. The van der Waals surface area contributed by atoms with Crippen LogP contribution in [0.5, 0.6) is 0 Å². The van der Waals surface area contributed by atoms with Crippen molar-refractivity contribution in [3.05, 3.63) is 48.1 Å². The highest BCUT2D eigenvalue weighted by Gasteiger charge is 2.20. The van der Waals surface area contributed by atoms with Crippen molar-refractivity contribution in [2.24, 2.45) is 0 Å². The van der Waals surface area contributed by atoms with E-state index in [9.17, 15) is 18.4 Å². The first kappa shape index (κ1) is 15.8. The second-order valence-electron chi connectivity index (χ2n) is 4.08. The number of amides is 1. The van der Waals surface area contributed by atoms with Crippen molar-refractivity contribution in [3.63, 3.8) is 0 Å². The number of esters is 1. The van der Waals surface area contributed by atoms with Gasteiger partial charge in [-0.05, 0) is 18.1 Å². The highest BCUT2D eigenvalue weighted by atomic mass is 19.1. The summed E-state index contributed by atoms with van der Waals surface area (Å²) < 4.78 is 30.7. The van der Waals surface area contributed by atoms with Gasteiger partial charge in [-0.3, -0.25) is 4.79 Å². The van der Waals surface area contributed by atoms with E-state index in [1.165, 1.54) is 19.3 Å². The molecule has 0 fully saturated rings. The average Bonchev–Trinajstić information content (AvgIpc) is 2.40. The molecule has 0 spiro atoms. The topological polar surface area (TPSA) is 55.4 Å². The number of methoxy groups -OCH3 is 1. The van der Waals surface area contributed by atoms with Crippen molar-refractivity contribution in [2.75, 3.05) is 7.11 Å². The van der Waals surface area contributed by atoms with Crippen LogP contribution in [0, 0.1) is 11.6 Å². The molecule has 1 aromatic carbocycles. The zero-order chi connectivity index (χ0) is 15.1. The SMILES string of the molecule is C=CC[C@@H](NC(=O)Cc1ccc(F)cc1F)C(=O)OC. The molecule has 1 N–H and O–H groups in total. The number of benzene rings is 1. The van der Waals surface area contributed by atoms with Crippen molar-refractivity contribution in [3.8, 4) is 0 Å². The first-order valence-corrected chi connectivity index (χ1v) is 5.90. The van der Waals surface area contributed by atoms with Crippen LogP contribution in [0.2, 0.25) is 0 Å². The molecule has 4 nitrogen and oxygen atoms in total. The fraction of sp³-hybridized carbons (Fsp3) is 0.286. The molecule has 108 valence electrons. The van der Waals surface area contributed by atoms with Crippen LogP contribution in [0.3, 0.4) is 0 Å². The number of rotatable bonds is 6. The van der Waals surface area contributed by atoms with E-state index in [1.54, 1.807) is 0 Å². The minimum atomic E-state index is -0.867. The highest BCUT2D eigenvalue weighted by molar-refractivity contribution is 5.85. The van der Waals surface area contributed by atoms with E-state index in [2.05, 4.69) is 16.6 Å². The molecule has 6 heteroatoms. The lowest BCUT2D eigenvalue weighted by atomic mass is 10.1. The zero-order valence-corrected chi connectivity index (χ0v) is 11.0. The van der Waals surface area contributed by atoms with Gasteiger partial charge in [0.1, 0.15) is 17.7 Å². The van der Waals surface area contributed by atoms with Crippen molar-refractivity contribution in [1.82, 2.24) is 5.32 Å². The molecule has 1 amide bonds. The molecule has 0 aliphatic heterocycles. The van der Waals surface area contributed by atoms with Crippen LogP contribution in [-0.2, 0) is 20.7 Å². The van der Waals surface area contributed by atoms with E-state index in [0.717, 1.165) is 6.07 Å². The normalized spacial score (nSPS) is 11.6. The Morgan fingerprint density at radius 2 is 2.15 bits per heavy atom. The van der Waals surface area contributed by atoms with Crippen molar-refractivity contribution in [2.45, 2.75) is 18.9 Å². The third-order valence-electron chi connectivity index (χ3n) is 2.59. The molecule has 0 aromatic heterocycles. The zero-order valence-electron chi connectivity index (χ0n) is 11.0. The molecule has 1 atom stereocenters. The summed E-state index contributed by atoms with van der Waals surface area (Å²) in [7, 11) is 1.20. The fourth-order valence-electron chi connectivity index (χ4n) is 1.61. The Balaban J connectivity index is 2.70. The molecule has 0 bridgehead atoms. The van der Waals surface area contributed by atoms with Crippen molar-refractivity contribution < 1.29 is 23.1 Å². The minimum Gasteiger partial charge on any atom is -0.467 e. The molecular formula is C14H15F2NO3. The number of nitrogens with one attached hydrogen (secondary N) is 1. The minimum absolute atomic E-state index is 0.0473. The Bertz CT molecular complexity index is 517. The van der Waals surface area contributed by atoms with Gasteiger partial charge in [0, 0.05) is 6.07 Å². The van der Waals surface area contributed by atoms with Gasteiger partial charge in [-0.2, -0.15) is 0 Å². The summed E-state index contributed by atoms with van der Waals surface area (Å²) in [6.07, 6.45) is 1.36. The number of carbonyl (C=O) groups excluding carboxylic acids is 2. The van der Waals surface area contributed by atoms with Crippen LogP contribution >= 0.6 is 0 Å². The fourth-order valence-corrected chi connectivity index (χ4v) is 1.61. The molecule has 0 aliphatic carbocycles. The molecule has 0 aliphatic rings. The van der Waals surface area contributed by atoms with Gasteiger partial charge in [0.05, 0.1) is 13.5 Å². The van der Waals surface area contributed by atoms with Crippen LogP contribution in [0.15, 0.2) is 30.9 Å². The second-order valence-corrected chi connectivity index (χ2v) is 4.08. The van der Waals surface area contributed by atoms with Crippen molar-refractivity contribution in [1.29, 1.82) is 0 Å². The Hall–Kier alpha value is -2.24. The maximum atomic E-state index is 13.4. The lowest BCUT2D eigenvalue weighted by molar-refractivity contribution is -0.144. The van der Waals surface area contributed by atoms with E-state index < -0.39 is 29.6 Å². The number of ether oxygens (including phenoxy) is 1. The molecule has 1 rings (SSSR count). The largest absolute Gasteiger partial charge is 0.467 e. The van der Waals surface area contributed by atoms with Gasteiger partial charge in [-0.1, -0.05) is 12.1 Å². The summed E-state index contributed by atoms with van der Waals surface area (Å²) in [5.74, 6) is -2.70. The van der Waals surface area contributed by atoms with Gasteiger partial charge >= 0.3 is 5.97 Å². The Labute approximate surface area is 115 Å². The molecule has 0 saturated carbocycles. The molecule has 0 heterocycles. The molecule has 1 aromatic rings. The number of carbonyl (C=O) groups is 2. The predicted octanol–water partition coefficient (Wildman–Crippen LogP) is 1.74. The summed E-state index contributed by atoms with van der Waals surface area (Å²) in [4.78, 5) is 23.1. The predicted molar refractivity (Wildman–Crippen MR) is 68.8 cm³/mol. The van der Waals surface area contributed by atoms with Gasteiger partial charge in [0.15, 0.2) is 0 Å². The highest BCUT2D eigenvalue weighted by Crippen LogP contribution is 2.10. The van der Waals surface area contributed by atoms with Gasteiger partial charge in [-0.25, -0.2) is 13.6 Å². The van der Waals surface area contributed by atoms with Gasteiger partial charge in [0.25, 0.3) is 0 Å². The van der Waals surface area contributed by atoms with E-state index >= 15 is 0 Å². The Morgan fingerprint density at radius 3 is 2.70 bits per heavy atom. The quantitative estimate of drug-likeness (QED) is 0.639. The average molecular weight is 283 g/mol. The van der Waals surface area contributed by atoms with Crippen LogP contribution in [0.1, 0.15) is 12.0 Å². The van der Waals surface area contributed by atoms with Gasteiger partial charge < -0.3 is 10.1 Å². The lowest BCUT2D eigenvalue weighted by Crippen LogP contribution is -2.41. The third-order valence-corrected chi connectivity index (χ3v) is 2.59. The maximum absolute atomic E-state index is 13.4. The summed E-state index contributed by atoms with van der Waals surface area (Å²) in [6.45, 7) is 3.47. The summed E-state index contributed by atoms with van der Waals surface area (Å²) in [5, 5.41) is 2.41. The molecular weight excluding hydrogens is 268 g/mol. The second kappa shape index (κ2) is 7.37. The Kier molecular flexibility index (Phi) is 5.83. The van der Waals surface area contributed by atoms with E-state index in [1.807, 2.05) is 0 Å². The molecule has 0 unspecified atom stereocenters. The van der Waals surface area contributed by atoms with Crippen LogP contribution in [0.25, 0.3) is 0 Å². The smallest absolute Gasteiger partial charge is 0.328 e. The first-order chi connectivity index (χ1) is 9.47. The van der Waals surface area contributed by atoms with Gasteiger partial charge in [-0.15, -0.1) is 6.58 Å². The van der Waals surface area contributed by atoms with Crippen LogP contribution in [-0.4, -0.2) is 25.0 Å². The summed E-state index contributed by atoms with van der Waals surface area (Å²) in [5.41, 5.74) is 0.0473.